The number of nitrogens with two attached hydrogens (primary N) is 2. The van der Waals surface area contributed by atoms with Gasteiger partial charge in [0.2, 0.25) is 0 Å². The topological polar surface area (TPSA) is 106 Å². The monoisotopic (exact) mass is 440 g/mol. The third kappa shape index (κ3) is 4.51. The van der Waals surface area contributed by atoms with E-state index in [4.69, 9.17) is 11.5 Å². The van der Waals surface area contributed by atoms with E-state index in [0.717, 1.165) is 23.0 Å². The zero-order valence-corrected chi connectivity index (χ0v) is 19.3. The Bertz CT molecular complexity index is 1140. The lowest BCUT2D eigenvalue weighted by molar-refractivity contribution is 0.529. The third-order valence-electron chi connectivity index (χ3n) is 6.77. The second-order valence-electron chi connectivity index (χ2n) is 9.26. The third-order valence-corrected chi connectivity index (χ3v) is 6.77. The van der Waals surface area contributed by atoms with Gasteiger partial charge in [-0.1, -0.05) is 60.5 Å². The van der Waals surface area contributed by atoms with Crippen LogP contribution in [-0.4, -0.2) is 38.2 Å². The van der Waals surface area contributed by atoms with Gasteiger partial charge in [-0.3, -0.25) is 4.99 Å². The van der Waals surface area contributed by atoms with Gasteiger partial charge in [0.05, 0.1) is 6.04 Å². The van der Waals surface area contributed by atoms with Crippen molar-refractivity contribution in [3.05, 3.63) is 76.5 Å². The Kier molecular flexibility index (Phi) is 6.52. The molecule has 2 aromatic rings. The Labute approximate surface area is 196 Å². The minimum absolute atomic E-state index is 0.0182. The van der Waals surface area contributed by atoms with Gasteiger partial charge in [0, 0.05) is 42.7 Å². The summed E-state index contributed by atoms with van der Waals surface area (Å²) >= 11 is 0. The van der Waals surface area contributed by atoms with Crippen molar-refractivity contribution in [3.63, 3.8) is 0 Å². The number of fused-ring (bicyclic) bond motifs is 3. The first-order valence-corrected chi connectivity index (χ1v) is 11.4. The average Bonchev–Trinajstić information content (AvgIpc) is 3.09. The highest BCUT2D eigenvalue weighted by Crippen LogP contribution is 2.47. The molecule has 7 heteroatoms. The molecule has 33 heavy (non-hydrogen) atoms. The number of nitrogens with one attached hydrogen (secondary N) is 1. The molecule has 2 aliphatic rings. The molecular weight excluding hydrogens is 409 g/mol. The van der Waals surface area contributed by atoms with E-state index in [1.807, 2.05) is 12.4 Å². The van der Waals surface area contributed by atoms with Crippen LogP contribution < -0.4 is 22.2 Å². The standard InChI is InChI=1S/C26H31BN5O/c1-16-20-6-4-5-7-21(20)25-22(16)10-19(27-14-26(3,15-28)32-33)11-23(25)18-12-30-9-8-24(17(2)29)31-13-18/h4-7,10-13,16,24,31H,2,8-9,14-15,28-29H2,1,3H3/b18-13+,30-12?. The van der Waals surface area contributed by atoms with E-state index in [1.165, 1.54) is 22.3 Å². The highest BCUT2D eigenvalue weighted by molar-refractivity contribution is 6.54. The van der Waals surface area contributed by atoms with Gasteiger partial charge in [0.1, 0.15) is 5.54 Å². The number of nitrogens with zero attached hydrogens (tertiary/aromatic N) is 2. The summed E-state index contributed by atoms with van der Waals surface area (Å²) in [5, 5.41) is 6.69. The molecule has 1 heterocycles. The van der Waals surface area contributed by atoms with Crippen LogP contribution >= 0.6 is 0 Å². The molecule has 5 N–H and O–H groups in total. The molecular formula is C26H31BN5O. The SMILES string of the molecule is C=C(N)C1CCN=C/C(c2cc([B]CC(C)(CN)N=O)cc3c2-c2ccccc2C3C)=C\N1. The van der Waals surface area contributed by atoms with Crippen molar-refractivity contribution in [1.29, 1.82) is 0 Å². The molecule has 2 aromatic carbocycles. The maximum absolute atomic E-state index is 11.3. The average molecular weight is 440 g/mol. The summed E-state index contributed by atoms with van der Waals surface area (Å²) in [6.45, 7) is 8.82. The van der Waals surface area contributed by atoms with Crippen molar-refractivity contribution in [2.45, 2.75) is 44.1 Å². The smallest absolute Gasteiger partial charge is 0.154 e. The van der Waals surface area contributed by atoms with Gasteiger partial charge in [0.25, 0.3) is 0 Å². The molecule has 1 aliphatic carbocycles. The molecule has 0 bridgehead atoms. The lowest BCUT2D eigenvalue weighted by atomic mass is 9.61. The first kappa shape index (κ1) is 23.0. The Morgan fingerprint density at radius 1 is 1.30 bits per heavy atom. The second-order valence-corrected chi connectivity index (χ2v) is 9.26. The van der Waals surface area contributed by atoms with E-state index < -0.39 is 5.54 Å². The van der Waals surface area contributed by atoms with Crippen LogP contribution in [0.25, 0.3) is 16.7 Å². The van der Waals surface area contributed by atoms with Gasteiger partial charge in [0.15, 0.2) is 7.28 Å². The van der Waals surface area contributed by atoms with Crippen molar-refractivity contribution < 1.29 is 0 Å². The summed E-state index contributed by atoms with van der Waals surface area (Å²) in [6.07, 6.45) is 5.21. The van der Waals surface area contributed by atoms with Gasteiger partial charge >= 0.3 is 0 Å². The van der Waals surface area contributed by atoms with Gasteiger partial charge in [-0.25, -0.2) is 0 Å². The molecule has 1 aliphatic heterocycles. The summed E-state index contributed by atoms with van der Waals surface area (Å²) in [7, 11) is 2.06. The number of hydrogen-bond donors (Lipinski definition) is 3. The van der Waals surface area contributed by atoms with Gasteiger partial charge < -0.3 is 16.8 Å². The fourth-order valence-corrected chi connectivity index (χ4v) is 4.56. The molecule has 0 saturated heterocycles. The predicted molar refractivity (Wildman–Crippen MR) is 139 cm³/mol. The summed E-state index contributed by atoms with van der Waals surface area (Å²) in [5.74, 6) is 0.268. The number of nitroso groups, excluding NO2 is 1. The fourth-order valence-electron chi connectivity index (χ4n) is 4.56. The second kappa shape index (κ2) is 9.36. The number of allylic oxidation sites excluding steroid dienone is 1. The molecule has 0 spiro atoms. The van der Waals surface area contributed by atoms with Crippen molar-refractivity contribution in [2.75, 3.05) is 13.1 Å². The normalized spacial score (nSPS) is 22.5. The van der Waals surface area contributed by atoms with Crippen molar-refractivity contribution in [1.82, 2.24) is 5.32 Å². The maximum atomic E-state index is 11.3. The first-order chi connectivity index (χ1) is 15.9. The molecule has 6 nitrogen and oxygen atoms in total. The fraction of sp³-hybridized carbons (Fsp3) is 0.346. The van der Waals surface area contributed by atoms with E-state index in [9.17, 15) is 4.91 Å². The summed E-state index contributed by atoms with van der Waals surface area (Å²) in [6, 6.07) is 12.9. The van der Waals surface area contributed by atoms with Crippen LogP contribution in [0.1, 0.15) is 42.9 Å². The van der Waals surface area contributed by atoms with E-state index in [0.29, 0.717) is 18.6 Å². The zero-order chi connectivity index (χ0) is 23.6. The predicted octanol–water partition coefficient (Wildman–Crippen LogP) is 3.30. The minimum atomic E-state index is -0.815. The Morgan fingerprint density at radius 3 is 2.82 bits per heavy atom. The number of rotatable bonds is 7. The molecule has 0 fully saturated rings. The van der Waals surface area contributed by atoms with E-state index in [-0.39, 0.29) is 18.5 Å². The molecule has 169 valence electrons. The number of aliphatic imine (C=N–C) groups is 1. The zero-order valence-electron chi connectivity index (χ0n) is 19.3. The minimum Gasteiger partial charge on any atom is -0.401 e. The van der Waals surface area contributed by atoms with Crippen LogP contribution in [0.4, 0.5) is 0 Å². The van der Waals surface area contributed by atoms with Gasteiger partial charge in [-0.2, -0.15) is 4.91 Å². The quantitative estimate of drug-likeness (QED) is 0.454. The molecule has 3 atom stereocenters. The Hall–Kier alpha value is -3.19. The van der Waals surface area contributed by atoms with Crippen LogP contribution in [0.5, 0.6) is 0 Å². The molecule has 0 aromatic heterocycles. The van der Waals surface area contributed by atoms with Crippen LogP contribution in [0.15, 0.2) is 65.0 Å². The molecule has 1 radical (unpaired) electrons. The highest BCUT2D eigenvalue weighted by atomic mass is 16.3. The van der Waals surface area contributed by atoms with Crippen molar-refractivity contribution in [2.24, 2.45) is 21.6 Å². The first-order valence-electron chi connectivity index (χ1n) is 11.4. The lowest BCUT2D eigenvalue weighted by Gasteiger charge is -2.21. The summed E-state index contributed by atoms with van der Waals surface area (Å²) < 4.78 is 0. The van der Waals surface area contributed by atoms with E-state index in [1.54, 1.807) is 6.92 Å². The van der Waals surface area contributed by atoms with Crippen LogP contribution in [-0.2, 0) is 0 Å². The Balaban J connectivity index is 1.82. The maximum Gasteiger partial charge on any atom is 0.154 e. The summed E-state index contributed by atoms with van der Waals surface area (Å²) in [4.78, 5) is 16.0. The van der Waals surface area contributed by atoms with E-state index >= 15 is 0 Å². The molecule has 3 unspecified atom stereocenters. The van der Waals surface area contributed by atoms with Crippen molar-refractivity contribution >= 4 is 24.5 Å². The van der Waals surface area contributed by atoms with Crippen LogP contribution in [0.2, 0.25) is 6.32 Å². The Morgan fingerprint density at radius 2 is 2.09 bits per heavy atom. The molecule has 4 rings (SSSR count). The van der Waals surface area contributed by atoms with Gasteiger partial charge in [-0.15, -0.1) is 0 Å². The van der Waals surface area contributed by atoms with Crippen LogP contribution in [0, 0.1) is 4.91 Å². The lowest BCUT2D eigenvalue weighted by Crippen LogP contribution is -2.35. The number of hydrogen-bond acceptors (Lipinski definition) is 6. The highest BCUT2D eigenvalue weighted by Gasteiger charge is 2.30. The van der Waals surface area contributed by atoms with E-state index in [2.05, 4.69) is 72.7 Å². The molecule has 0 amide bonds. The number of benzene rings is 2. The summed E-state index contributed by atoms with van der Waals surface area (Å²) in [5.41, 5.74) is 19.8. The van der Waals surface area contributed by atoms with Gasteiger partial charge in [-0.05, 0) is 47.5 Å². The molecule has 0 saturated carbocycles. The largest absolute Gasteiger partial charge is 0.401 e. The van der Waals surface area contributed by atoms with Crippen LogP contribution in [0.3, 0.4) is 0 Å². The van der Waals surface area contributed by atoms with Crippen molar-refractivity contribution in [3.8, 4) is 11.1 Å².